The highest BCUT2D eigenvalue weighted by molar-refractivity contribution is 9.10. The fourth-order valence-corrected chi connectivity index (χ4v) is 4.83. The van der Waals surface area contributed by atoms with Crippen molar-refractivity contribution < 1.29 is 4.42 Å². The monoisotopic (exact) mass is 528 g/mol. The maximum Gasteiger partial charge on any atom is 0.180 e. The highest BCUT2D eigenvalue weighted by Gasteiger charge is 2.19. The number of H-pyrrole nitrogens is 1. The minimum absolute atomic E-state index is 0.586. The van der Waals surface area contributed by atoms with Gasteiger partial charge in [-0.3, -0.25) is 0 Å². The smallest absolute Gasteiger partial charge is 0.180 e. The Hall–Kier alpha value is -4.05. The zero-order valence-corrected chi connectivity index (χ0v) is 20.5. The third-order valence-corrected chi connectivity index (χ3v) is 6.64. The number of rotatable bonds is 7. The van der Waals surface area contributed by atoms with Gasteiger partial charge < -0.3 is 9.73 Å². The van der Waals surface area contributed by atoms with Crippen molar-refractivity contribution in [3.63, 3.8) is 0 Å². The van der Waals surface area contributed by atoms with Gasteiger partial charge in [0, 0.05) is 40.9 Å². The summed E-state index contributed by atoms with van der Waals surface area (Å²) < 4.78 is 8.98. The lowest BCUT2D eigenvalue weighted by Gasteiger charge is -2.10. The summed E-state index contributed by atoms with van der Waals surface area (Å²) in [5, 5.41) is 23.2. The third kappa shape index (κ3) is 3.95. The van der Waals surface area contributed by atoms with Crippen LogP contribution in [0.3, 0.4) is 0 Å². The summed E-state index contributed by atoms with van der Waals surface area (Å²) in [6, 6.07) is 18.1. The molecule has 2 aromatic carbocycles. The minimum Gasteiger partial charge on any atom is -0.455 e. The maximum absolute atomic E-state index is 6.26. The number of aromatic amines is 1. The van der Waals surface area contributed by atoms with Crippen molar-refractivity contribution in [3.05, 3.63) is 76.5 Å². The fraction of sp³-hybridized carbons (Fsp3) is 0.160. The molecule has 0 saturated carbocycles. The molecule has 10 heteroatoms. The molecular formula is C25H21BrN8O. The van der Waals surface area contributed by atoms with Crippen LogP contribution in [-0.4, -0.2) is 35.2 Å². The predicted octanol–water partition coefficient (Wildman–Crippen LogP) is 5.65. The molecule has 0 amide bonds. The van der Waals surface area contributed by atoms with E-state index in [-0.39, 0.29) is 0 Å². The highest BCUT2D eigenvalue weighted by Crippen LogP contribution is 2.41. The second kappa shape index (κ2) is 8.95. The van der Waals surface area contributed by atoms with Crippen LogP contribution in [0.4, 0.5) is 5.82 Å². The van der Waals surface area contributed by atoms with Crippen molar-refractivity contribution in [2.24, 2.45) is 0 Å². The summed E-state index contributed by atoms with van der Waals surface area (Å²) >= 11 is 3.77. The van der Waals surface area contributed by atoms with Crippen molar-refractivity contribution in [3.8, 4) is 22.7 Å². The van der Waals surface area contributed by atoms with E-state index in [1.54, 1.807) is 6.20 Å². The van der Waals surface area contributed by atoms with Gasteiger partial charge >= 0.3 is 0 Å². The van der Waals surface area contributed by atoms with Crippen LogP contribution in [-0.2, 0) is 13.0 Å². The average molecular weight is 529 g/mol. The molecule has 0 spiro atoms. The number of aromatic nitrogens is 7. The van der Waals surface area contributed by atoms with Crippen LogP contribution in [0, 0.1) is 0 Å². The minimum atomic E-state index is 0.586. The molecule has 0 aliphatic carbocycles. The Bertz CT molecular complexity index is 1640. The Labute approximate surface area is 208 Å². The molecule has 0 bridgehead atoms. The number of aryl methyl sites for hydroxylation is 1. The number of fused-ring (bicyclic) bond motifs is 2. The van der Waals surface area contributed by atoms with Crippen molar-refractivity contribution in [1.29, 1.82) is 0 Å². The van der Waals surface area contributed by atoms with Gasteiger partial charge in [-0.15, -0.1) is 5.10 Å². The number of benzene rings is 2. The van der Waals surface area contributed by atoms with Gasteiger partial charge in [-0.2, -0.15) is 9.61 Å². The van der Waals surface area contributed by atoms with Gasteiger partial charge in [-0.1, -0.05) is 43.7 Å². The van der Waals surface area contributed by atoms with Gasteiger partial charge in [0.1, 0.15) is 17.2 Å². The molecule has 0 radical (unpaired) electrons. The summed E-state index contributed by atoms with van der Waals surface area (Å²) in [4.78, 5) is 4.68. The van der Waals surface area contributed by atoms with Crippen molar-refractivity contribution in [2.75, 3.05) is 5.32 Å². The normalized spacial score (nSPS) is 11.5. The molecule has 0 fully saturated rings. The van der Waals surface area contributed by atoms with E-state index in [4.69, 9.17) is 4.42 Å². The number of nitrogens with zero attached hydrogens (tertiary/aromatic N) is 6. The van der Waals surface area contributed by atoms with E-state index in [1.165, 1.54) is 0 Å². The van der Waals surface area contributed by atoms with E-state index in [9.17, 15) is 0 Å². The lowest BCUT2D eigenvalue weighted by Crippen LogP contribution is -2.07. The summed E-state index contributed by atoms with van der Waals surface area (Å²) in [6.45, 7) is 2.79. The highest BCUT2D eigenvalue weighted by atomic mass is 79.9. The first-order valence-electron chi connectivity index (χ1n) is 11.3. The zero-order chi connectivity index (χ0) is 23.8. The van der Waals surface area contributed by atoms with Crippen LogP contribution in [0.2, 0.25) is 0 Å². The number of tetrazole rings is 1. The SMILES string of the molecule is CCCc1cc(NCc2ccc3oc(-c4ccccc4-c4nnn[nH]4)c(Br)c3c2)n2nccc2n1. The van der Waals surface area contributed by atoms with E-state index in [0.29, 0.717) is 12.4 Å². The Kier molecular flexibility index (Phi) is 5.49. The molecule has 9 nitrogen and oxygen atoms in total. The molecule has 0 unspecified atom stereocenters. The van der Waals surface area contributed by atoms with Crippen molar-refractivity contribution in [2.45, 2.75) is 26.3 Å². The van der Waals surface area contributed by atoms with Crippen LogP contribution in [0.25, 0.3) is 39.3 Å². The predicted molar refractivity (Wildman–Crippen MR) is 137 cm³/mol. The second-order valence-electron chi connectivity index (χ2n) is 8.21. The first-order chi connectivity index (χ1) is 17.2. The third-order valence-electron chi connectivity index (χ3n) is 5.86. The maximum atomic E-state index is 6.26. The van der Waals surface area contributed by atoms with Crippen LogP contribution < -0.4 is 5.32 Å². The topological polar surface area (TPSA) is 110 Å². The summed E-state index contributed by atoms with van der Waals surface area (Å²) in [6.07, 6.45) is 3.74. The number of hydrogen-bond acceptors (Lipinski definition) is 7. The first-order valence-corrected chi connectivity index (χ1v) is 12.1. The molecule has 0 aliphatic heterocycles. The summed E-state index contributed by atoms with van der Waals surface area (Å²) in [5.41, 5.74) is 5.58. The van der Waals surface area contributed by atoms with Gasteiger partial charge in [-0.25, -0.2) is 10.1 Å². The van der Waals surface area contributed by atoms with E-state index in [1.807, 2.05) is 40.9 Å². The molecule has 4 aromatic heterocycles. The molecule has 174 valence electrons. The van der Waals surface area contributed by atoms with Crippen LogP contribution in [0.1, 0.15) is 24.6 Å². The Morgan fingerprint density at radius 1 is 1.09 bits per heavy atom. The van der Waals surface area contributed by atoms with Gasteiger partial charge in [0.05, 0.1) is 10.7 Å². The Morgan fingerprint density at radius 2 is 1.97 bits per heavy atom. The number of hydrogen-bond donors (Lipinski definition) is 2. The van der Waals surface area contributed by atoms with E-state index in [0.717, 1.165) is 67.9 Å². The molecule has 0 aliphatic rings. The lowest BCUT2D eigenvalue weighted by atomic mass is 10.0. The molecule has 6 rings (SSSR count). The molecular weight excluding hydrogens is 508 g/mol. The van der Waals surface area contributed by atoms with Gasteiger partial charge in [-0.05, 0) is 50.5 Å². The van der Waals surface area contributed by atoms with Crippen LogP contribution in [0.15, 0.2) is 69.7 Å². The molecule has 0 saturated heterocycles. The molecule has 6 aromatic rings. The van der Waals surface area contributed by atoms with E-state index < -0.39 is 0 Å². The first kappa shape index (κ1) is 21.5. The average Bonchev–Trinajstić information content (AvgIpc) is 3.64. The van der Waals surface area contributed by atoms with E-state index in [2.05, 4.69) is 77.1 Å². The molecule has 2 N–H and O–H groups in total. The lowest BCUT2D eigenvalue weighted by molar-refractivity contribution is 0.630. The second-order valence-corrected chi connectivity index (χ2v) is 9.00. The standard InChI is InChI=1S/C25H21BrN8O/c1-2-5-16-13-22(34-21(29-16)10-11-28-34)27-14-15-8-9-20-19(12-15)23(26)24(35-20)17-6-3-4-7-18(17)25-30-32-33-31-25/h3-4,6-13,27H,2,5,14H2,1H3,(H,30,31,32,33). The number of furan rings is 1. The van der Waals surface area contributed by atoms with Gasteiger partial charge in [0.25, 0.3) is 0 Å². The number of anilines is 1. The Balaban J connectivity index is 1.33. The summed E-state index contributed by atoms with van der Waals surface area (Å²) in [7, 11) is 0. The quantitative estimate of drug-likeness (QED) is 0.275. The van der Waals surface area contributed by atoms with Crippen LogP contribution in [0.5, 0.6) is 0 Å². The van der Waals surface area contributed by atoms with Gasteiger partial charge in [0.2, 0.25) is 0 Å². The Morgan fingerprint density at radius 3 is 2.80 bits per heavy atom. The van der Waals surface area contributed by atoms with Crippen molar-refractivity contribution in [1.82, 2.24) is 35.2 Å². The zero-order valence-electron chi connectivity index (χ0n) is 18.9. The molecule has 0 atom stereocenters. The van der Waals surface area contributed by atoms with Crippen molar-refractivity contribution >= 4 is 38.4 Å². The number of halogens is 1. The fourth-order valence-electron chi connectivity index (χ4n) is 4.23. The van der Waals surface area contributed by atoms with E-state index >= 15 is 0 Å². The summed E-state index contributed by atoms with van der Waals surface area (Å²) in [5.74, 6) is 2.24. The largest absolute Gasteiger partial charge is 0.455 e. The van der Waals surface area contributed by atoms with Gasteiger partial charge in [0.15, 0.2) is 11.5 Å². The van der Waals surface area contributed by atoms with Crippen LogP contribution >= 0.6 is 15.9 Å². The molecule has 35 heavy (non-hydrogen) atoms. The molecule has 4 heterocycles. The number of nitrogens with one attached hydrogen (secondary N) is 2.